The van der Waals surface area contributed by atoms with E-state index in [0.717, 1.165) is 19.5 Å². The number of Topliss-reactive ketones (excluding diaryl/α,β-unsaturated/α-hetero) is 1. The van der Waals surface area contributed by atoms with Crippen molar-refractivity contribution in [1.82, 2.24) is 15.1 Å². The van der Waals surface area contributed by atoms with Gasteiger partial charge in [0.1, 0.15) is 11.8 Å². The van der Waals surface area contributed by atoms with E-state index in [4.69, 9.17) is 4.74 Å². The standard InChI is InChI=1S/C11H17N3O2/c1-2-6-14-9(3-4-13-14)11(15)10-8-12-5-7-16-10/h3-4,10,12H,2,5-8H2,1H3. The number of carbonyl (C=O) groups excluding carboxylic acids is 1. The SMILES string of the molecule is CCCn1nccc1C(=O)C1CNCCO1. The second-order valence-corrected chi connectivity index (χ2v) is 3.87. The Morgan fingerprint density at radius 1 is 1.75 bits per heavy atom. The number of aromatic nitrogens is 2. The molecule has 1 aromatic rings. The van der Waals surface area contributed by atoms with Crippen LogP contribution < -0.4 is 5.32 Å². The van der Waals surface area contributed by atoms with Crippen LogP contribution in [0.4, 0.5) is 0 Å². The molecule has 0 saturated carbocycles. The Morgan fingerprint density at radius 3 is 3.31 bits per heavy atom. The smallest absolute Gasteiger partial charge is 0.210 e. The van der Waals surface area contributed by atoms with Crippen LogP contribution in [0, 0.1) is 0 Å². The van der Waals surface area contributed by atoms with Gasteiger partial charge in [0.15, 0.2) is 0 Å². The minimum atomic E-state index is -0.360. The van der Waals surface area contributed by atoms with Gasteiger partial charge in [-0.25, -0.2) is 0 Å². The van der Waals surface area contributed by atoms with E-state index in [1.165, 1.54) is 0 Å². The van der Waals surface area contributed by atoms with Crippen molar-refractivity contribution in [2.45, 2.75) is 26.0 Å². The second kappa shape index (κ2) is 5.23. The van der Waals surface area contributed by atoms with Gasteiger partial charge in [-0.15, -0.1) is 0 Å². The van der Waals surface area contributed by atoms with Crippen LogP contribution in [0.15, 0.2) is 12.3 Å². The summed E-state index contributed by atoms with van der Waals surface area (Å²) in [5.74, 6) is 0.0261. The van der Waals surface area contributed by atoms with E-state index in [-0.39, 0.29) is 11.9 Å². The van der Waals surface area contributed by atoms with Gasteiger partial charge >= 0.3 is 0 Å². The lowest BCUT2D eigenvalue weighted by atomic mass is 10.1. The summed E-state index contributed by atoms with van der Waals surface area (Å²) in [7, 11) is 0. The zero-order valence-electron chi connectivity index (χ0n) is 9.48. The molecule has 1 unspecified atom stereocenters. The largest absolute Gasteiger partial charge is 0.367 e. The Hall–Kier alpha value is -1.20. The van der Waals surface area contributed by atoms with Gasteiger partial charge in [0, 0.05) is 25.8 Å². The number of aryl methyl sites for hydroxylation is 1. The molecule has 1 atom stereocenters. The van der Waals surface area contributed by atoms with E-state index in [0.29, 0.717) is 18.8 Å². The van der Waals surface area contributed by atoms with E-state index >= 15 is 0 Å². The molecule has 0 spiro atoms. The Kier molecular flexibility index (Phi) is 3.69. The minimum absolute atomic E-state index is 0.0261. The number of nitrogens with one attached hydrogen (secondary N) is 1. The summed E-state index contributed by atoms with van der Waals surface area (Å²) in [6, 6.07) is 1.76. The summed E-state index contributed by atoms with van der Waals surface area (Å²) in [6.45, 7) is 4.84. The number of ether oxygens (including phenoxy) is 1. The summed E-state index contributed by atoms with van der Waals surface area (Å²) in [5.41, 5.74) is 0.649. The topological polar surface area (TPSA) is 56.2 Å². The molecule has 0 bridgehead atoms. The highest BCUT2D eigenvalue weighted by Gasteiger charge is 2.25. The van der Waals surface area contributed by atoms with Gasteiger partial charge in [-0.05, 0) is 12.5 Å². The summed E-state index contributed by atoms with van der Waals surface area (Å²) >= 11 is 0. The number of hydrogen-bond donors (Lipinski definition) is 1. The van der Waals surface area contributed by atoms with Crippen LogP contribution in [-0.2, 0) is 11.3 Å². The molecule has 16 heavy (non-hydrogen) atoms. The fourth-order valence-electron chi connectivity index (χ4n) is 1.83. The van der Waals surface area contributed by atoms with Crippen molar-refractivity contribution < 1.29 is 9.53 Å². The maximum Gasteiger partial charge on any atom is 0.210 e. The first kappa shape index (κ1) is 11.3. The third kappa shape index (κ3) is 2.31. The predicted molar refractivity (Wildman–Crippen MR) is 59.5 cm³/mol. The zero-order chi connectivity index (χ0) is 11.4. The molecule has 0 radical (unpaired) electrons. The summed E-state index contributed by atoms with van der Waals surface area (Å²) in [5, 5.41) is 7.30. The molecule has 5 heteroatoms. The molecule has 0 amide bonds. The van der Waals surface area contributed by atoms with Crippen LogP contribution in [0.25, 0.3) is 0 Å². The van der Waals surface area contributed by atoms with Gasteiger partial charge in [-0.2, -0.15) is 5.10 Å². The molecule has 0 aromatic carbocycles. The van der Waals surface area contributed by atoms with Crippen LogP contribution >= 0.6 is 0 Å². The molecular weight excluding hydrogens is 206 g/mol. The van der Waals surface area contributed by atoms with Crippen LogP contribution in [0.1, 0.15) is 23.8 Å². The third-order valence-electron chi connectivity index (χ3n) is 2.62. The zero-order valence-corrected chi connectivity index (χ0v) is 9.48. The molecule has 1 aliphatic heterocycles. The van der Waals surface area contributed by atoms with E-state index in [9.17, 15) is 4.79 Å². The van der Waals surface area contributed by atoms with Crippen molar-refractivity contribution in [3.63, 3.8) is 0 Å². The van der Waals surface area contributed by atoms with Crippen LogP contribution in [-0.4, -0.2) is 41.4 Å². The Labute approximate surface area is 94.8 Å². The molecule has 2 heterocycles. The monoisotopic (exact) mass is 223 g/mol. The number of morpholine rings is 1. The van der Waals surface area contributed by atoms with Gasteiger partial charge in [-0.3, -0.25) is 9.48 Å². The third-order valence-corrected chi connectivity index (χ3v) is 2.62. The number of hydrogen-bond acceptors (Lipinski definition) is 4. The van der Waals surface area contributed by atoms with Crippen LogP contribution in [0.3, 0.4) is 0 Å². The Bertz CT molecular complexity index is 356. The lowest BCUT2D eigenvalue weighted by molar-refractivity contribution is 0.0261. The van der Waals surface area contributed by atoms with Crippen molar-refractivity contribution in [2.75, 3.05) is 19.7 Å². The quantitative estimate of drug-likeness (QED) is 0.754. The fraction of sp³-hybridized carbons (Fsp3) is 0.636. The van der Waals surface area contributed by atoms with Gasteiger partial charge in [0.25, 0.3) is 0 Å². The number of rotatable bonds is 4. The highest BCUT2D eigenvalue weighted by molar-refractivity contribution is 5.98. The Morgan fingerprint density at radius 2 is 2.62 bits per heavy atom. The molecular formula is C11H17N3O2. The molecule has 1 saturated heterocycles. The average molecular weight is 223 g/mol. The molecule has 5 nitrogen and oxygen atoms in total. The fourth-order valence-corrected chi connectivity index (χ4v) is 1.83. The number of ketones is 1. The molecule has 1 aliphatic rings. The number of carbonyl (C=O) groups is 1. The summed E-state index contributed by atoms with van der Waals surface area (Å²) in [4.78, 5) is 12.1. The minimum Gasteiger partial charge on any atom is -0.367 e. The van der Waals surface area contributed by atoms with Gasteiger partial charge in [0.05, 0.1) is 6.61 Å². The molecule has 1 aromatic heterocycles. The summed E-state index contributed by atoms with van der Waals surface area (Å²) < 4.78 is 7.19. The van der Waals surface area contributed by atoms with Crippen molar-refractivity contribution in [1.29, 1.82) is 0 Å². The highest BCUT2D eigenvalue weighted by atomic mass is 16.5. The van der Waals surface area contributed by atoms with Gasteiger partial charge in [-0.1, -0.05) is 6.92 Å². The molecule has 0 aliphatic carbocycles. The van der Waals surface area contributed by atoms with Crippen molar-refractivity contribution in [3.05, 3.63) is 18.0 Å². The molecule has 1 fully saturated rings. The maximum absolute atomic E-state index is 12.1. The van der Waals surface area contributed by atoms with E-state index < -0.39 is 0 Å². The van der Waals surface area contributed by atoms with E-state index in [2.05, 4.69) is 17.3 Å². The Balaban J connectivity index is 2.09. The molecule has 88 valence electrons. The first-order chi connectivity index (χ1) is 7.83. The van der Waals surface area contributed by atoms with Crippen molar-refractivity contribution in [3.8, 4) is 0 Å². The van der Waals surface area contributed by atoms with E-state index in [1.807, 2.05) is 0 Å². The van der Waals surface area contributed by atoms with Crippen LogP contribution in [0.2, 0.25) is 0 Å². The van der Waals surface area contributed by atoms with Crippen molar-refractivity contribution in [2.24, 2.45) is 0 Å². The average Bonchev–Trinajstić information content (AvgIpc) is 2.78. The lowest BCUT2D eigenvalue weighted by Crippen LogP contribution is -2.43. The summed E-state index contributed by atoms with van der Waals surface area (Å²) in [6.07, 6.45) is 2.27. The second-order valence-electron chi connectivity index (χ2n) is 3.87. The number of nitrogens with zero attached hydrogens (tertiary/aromatic N) is 2. The first-order valence-corrected chi connectivity index (χ1v) is 5.71. The van der Waals surface area contributed by atoms with E-state index in [1.54, 1.807) is 16.9 Å². The van der Waals surface area contributed by atoms with Gasteiger partial charge < -0.3 is 10.1 Å². The molecule has 2 rings (SSSR count). The lowest BCUT2D eigenvalue weighted by Gasteiger charge is -2.22. The first-order valence-electron chi connectivity index (χ1n) is 5.71. The van der Waals surface area contributed by atoms with Crippen LogP contribution in [0.5, 0.6) is 0 Å². The maximum atomic E-state index is 12.1. The van der Waals surface area contributed by atoms with Gasteiger partial charge in [0.2, 0.25) is 5.78 Å². The van der Waals surface area contributed by atoms with Crippen molar-refractivity contribution >= 4 is 5.78 Å². The molecule has 1 N–H and O–H groups in total. The predicted octanol–water partition coefficient (Wildman–Crippen LogP) is 0.464. The normalized spacial score (nSPS) is 20.9. The highest BCUT2D eigenvalue weighted by Crippen LogP contribution is 2.08.